The van der Waals surface area contributed by atoms with Crippen LogP contribution in [0.5, 0.6) is 5.75 Å². The van der Waals surface area contributed by atoms with Gasteiger partial charge in [0.2, 0.25) is 0 Å². The van der Waals surface area contributed by atoms with Crippen LogP contribution in [0.15, 0.2) is 54.6 Å². The summed E-state index contributed by atoms with van der Waals surface area (Å²) in [5, 5.41) is 0. The monoisotopic (exact) mass is 381 g/mol. The van der Waals surface area contributed by atoms with Gasteiger partial charge in [-0.25, -0.2) is 4.79 Å². The number of hydrogen-bond acceptors (Lipinski definition) is 5. The Bertz CT molecular complexity index is 841. The van der Waals surface area contributed by atoms with Gasteiger partial charge in [-0.3, -0.25) is 4.79 Å². The highest BCUT2D eigenvalue weighted by Crippen LogP contribution is 2.22. The van der Waals surface area contributed by atoms with Crippen LogP contribution in [-0.4, -0.2) is 56.8 Å². The molecule has 1 heterocycles. The number of carbonyl (C=O) groups is 2. The van der Waals surface area contributed by atoms with Crippen molar-refractivity contribution in [1.29, 1.82) is 0 Å². The number of methoxy groups -OCH3 is 1. The van der Waals surface area contributed by atoms with Gasteiger partial charge in [0, 0.05) is 13.1 Å². The van der Waals surface area contributed by atoms with E-state index in [0.717, 1.165) is 5.56 Å². The van der Waals surface area contributed by atoms with Crippen molar-refractivity contribution in [2.24, 2.45) is 0 Å². The molecule has 0 N–H and O–H groups in total. The van der Waals surface area contributed by atoms with Crippen molar-refractivity contribution in [3.63, 3.8) is 0 Å². The van der Waals surface area contributed by atoms with Crippen molar-refractivity contribution < 1.29 is 23.8 Å². The molecule has 1 amide bonds. The minimum Gasteiger partial charge on any atom is -0.497 e. The Morgan fingerprint density at radius 2 is 1.82 bits per heavy atom. The maximum absolute atomic E-state index is 12.8. The van der Waals surface area contributed by atoms with Gasteiger partial charge in [-0.2, -0.15) is 0 Å². The molecule has 0 aromatic heterocycles. The predicted octanol–water partition coefficient (Wildman–Crippen LogP) is 2.64. The molecule has 1 saturated heterocycles. The fraction of sp³-hybridized carbons (Fsp3) is 0.273. The van der Waals surface area contributed by atoms with E-state index in [2.05, 4.69) is 0 Å². The number of morpholine rings is 1. The van der Waals surface area contributed by atoms with E-state index in [9.17, 15) is 9.59 Å². The van der Waals surface area contributed by atoms with Gasteiger partial charge in [-0.15, -0.1) is 0 Å². The van der Waals surface area contributed by atoms with Crippen molar-refractivity contribution in [3.05, 3.63) is 65.7 Å². The lowest BCUT2D eigenvalue weighted by molar-refractivity contribution is -0.149. The first kappa shape index (κ1) is 19.6. The number of esters is 1. The molecule has 0 radical (unpaired) electrons. The average molecular weight is 381 g/mol. The van der Waals surface area contributed by atoms with E-state index in [-0.39, 0.29) is 12.5 Å². The van der Waals surface area contributed by atoms with E-state index in [0.29, 0.717) is 43.2 Å². The van der Waals surface area contributed by atoms with Gasteiger partial charge >= 0.3 is 5.97 Å². The number of ether oxygens (including phenoxy) is 3. The van der Waals surface area contributed by atoms with Crippen molar-refractivity contribution in [3.8, 4) is 5.75 Å². The lowest BCUT2D eigenvalue weighted by Gasteiger charge is -2.26. The number of hydrogen-bond donors (Lipinski definition) is 0. The topological polar surface area (TPSA) is 65.1 Å². The van der Waals surface area contributed by atoms with Crippen LogP contribution in [0.25, 0.3) is 11.6 Å². The smallest absolute Gasteiger partial charge is 0.339 e. The summed E-state index contributed by atoms with van der Waals surface area (Å²) < 4.78 is 15.8. The Morgan fingerprint density at radius 1 is 1.07 bits per heavy atom. The fourth-order valence-electron chi connectivity index (χ4n) is 2.88. The molecule has 2 aromatic carbocycles. The largest absolute Gasteiger partial charge is 0.497 e. The van der Waals surface area contributed by atoms with E-state index in [1.165, 1.54) is 0 Å². The Kier molecular flexibility index (Phi) is 6.81. The highest BCUT2D eigenvalue weighted by atomic mass is 16.5. The van der Waals surface area contributed by atoms with Crippen LogP contribution in [0.2, 0.25) is 0 Å². The lowest BCUT2D eigenvalue weighted by atomic mass is 10.0. The molecule has 6 nitrogen and oxygen atoms in total. The molecule has 2 aromatic rings. The number of carbonyl (C=O) groups excluding carboxylic acids is 2. The maximum Gasteiger partial charge on any atom is 0.339 e. The van der Waals surface area contributed by atoms with Gasteiger partial charge in [0.25, 0.3) is 5.91 Å². The molecule has 0 spiro atoms. The van der Waals surface area contributed by atoms with Crippen molar-refractivity contribution in [2.75, 3.05) is 40.0 Å². The summed E-state index contributed by atoms with van der Waals surface area (Å²) in [5.41, 5.74) is 1.90. The zero-order valence-electron chi connectivity index (χ0n) is 15.8. The van der Waals surface area contributed by atoms with Gasteiger partial charge in [0.15, 0.2) is 6.61 Å². The molecular formula is C22H23NO5. The normalized spacial score (nSPS) is 14.5. The van der Waals surface area contributed by atoms with Crippen molar-refractivity contribution in [1.82, 2.24) is 4.90 Å². The quantitative estimate of drug-likeness (QED) is 0.437. The van der Waals surface area contributed by atoms with Crippen molar-refractivity contribution >= 4 is 23.5 Å². The minimum atomic E-state index is -0.546. The van der Waals surface area contributed by atoms with Crippen LogP contribution in [0.4, 0.5) is 0 Å². The van der Waals surface area contributed by atoms with Crippen LogP contribution in [0, 0.1) is 0 Å². The zero-order chi connectivity index (χ0) is 19.8. The standard InChI is InChI=1S/C22H23NO5/c1-26-19-9-5-6-17(14-19)15-20(18-7-3-2-4-8-18)22(25)28-16-21(24)23-10-12-27-13-11-23/h2-9,14-15H,10-13,16H2,1H3. The lowest BCUT2D eigenvalue weighted by Crippen LogP contribution is -2.42. The average Bonchev–Trinajstić information content (AvgIpc) is 2.77. The molecule has 0 saturated carbocycles. The minimum absolute atomic E-state index is 0.217. The molecule has 1 aliphatic heterocycles. The molecule has 0 aliphatic carbocycles. The van der Waals surface area contributed by atoms with Crippen LogP contribution < -0.4 is 4.74 Å². The number of amides is 1. The third kappa shape index (κ3) is 5.20. The van der Waals surface area contributed by atoms with Gasteiger partial charge < -0.3 is 19.1 Å². The molecule has 0 unspecified atom stereocenters. The van der Waals surface area contributed by atoms with Gasteiger partial charge in [0.1, 0.15) is 5.75 Å². The second-order valence-corrected chi connectivity index (χ2v) is 6.27. The van der Waals surface area contributed by atoms with Gasteiger partial charge in [-0.05, 0) is 29.3 Å². The molecule has 28 heavy (non-hydrogen) atoms. The van der Waals surface area contributed by atoms with E-state index in [4.69, 9.17) is 14.2 Å². The maximum atomic E-state index is 12.8. The first-order valence-corrected chi connectivity index (χ1v) is 9.11. The number of rotatable bonds is 6. The highest BCUT2D eigenvalue weighted by Gasteiger charge is 2.20. The highest BCUT2D eigenvalue weighted by molar-refractivity contribution is 6.21. The molecule has 0 atom stereocenters. The third-order valence-electron chi connectivity index (χ3n) is 4.40. The van der Waals surface area contributed by atoms with E-state index in [1.807, 2.05) is 54.6 Å². The van der Waals surface area contributed by atoms with E-state index in [1.54, 1.807) is 18.1 Å². The first-order valence-electron chi connectivity index (χ1n) is 9.11. The summed E-state index contributed by atoms with van der Waals surface area (Å²) in [4.78, 5) is 26.7. The van der Waals surface area contributed by atoms with E-state index < -0.39 is 5.97 Å². The first-order chi connectivity index (χ1) is 13.7. The summed E-state index contributed by atoms with van der Waals surface area (Å²) in [6, 6.07) is 16.6. The summed E-state index contributed by atoms with van der Waals surface area (Å²) in [6.07, 6.45) is 1.74. The summed E-state index contributed by atoms with van der Waals surface area (Å²) in [5.74, 6) is -0.0712. The zero-order valence-corrected chi connectivity index (χ0v) is 15.8. The number of nitrogens with zero attached hydrogens (tertiary/aromatic N) is 1. The van der Waals surface area contributed by atoms with Crippen LogP contribution in [0.3, 0.4) is 0 Å². The fourth-order valence-corrected chi connectivity index (χ4v) is 2.88. The Balaban J connectivity index is 1.77. The predicted molar refractivity (Wildman–Crippen MR) is 106 cm³/mol. The molecular weight excluding hydrogens is 358 g/mol. The van der Waals surface area contributed by atoms with Crippen LogP contribution in [-0.2, 0) is 19.1 Å². The second kappa shape index (κ2) is 9.71. The number of benzene rings is 2. The van der Waals surface area contributed by atoms with E-state index >= 15 is 0 Å². The molecule has 1 fully saturated rings. The SMILES string of the molecule is COc1cccc(C=C(C(=O)OCC(=O)N2CCOCC2)c2ccccc2)c1. The molecule has 1 aliphatic rings. The summed E-state index contributed by atoms with van der Waals surface area (Å²) >= 11 is 0. The van der Waals surface area contributed by atoms with Crippen LogP contribution in [0.1, 0.15) is 11.1 Å². The van der Waals surface area contributed by atoms with Crippen LogP contribution >= 0.6 is 0 Å². The Hall–Kier alpha value is -3.12. The Labute approximate surface area is 164 Å². The molecule has 3 rings (SSSR count). The van der Waals surface area contributed by atoms with Gasteiger partial charge in [-0.1, -0.05) is 42.5 Å². The van der Waals surface area contributed by atoms with Gasteiger partial charge in [0.05, 0.1) is 25.9 Å². The molecule has 0 bridgehead atoms. The summed E-state index contributed by atoms with van der Waals surface area (Å²) in [6.45, 7) is 1.75. The van der Waals surface area contributed by atoms with Crippen molar-refractivity contribution in [2.45, 2.75) is 0 Å². The summed E-state index contributed by atoms with van der Waals surface area (Å²) in [7, 11) is 1.59. The third-order valence-corrected chi connectivity index (χ3v) is 4.40. The second-order valence-electron chi connectivity index (χ2n) is 6.27. The molecule has 146 valence electrons. The Morgan fingerprint density at radius 3 is 2.54 bits per heavy atom. The molecule has 6 heteroatoms.